The number of hydrogen-bond acceptors (Lipinski definition) is 5. The molecular weight excluding hydrogens is 352 g/mol. The van der Waals surface area contributed by atoms with Crippen LogP contribution in [-0.4, -0.2) is 23.2 Å². The summed E-state index contributed by atoms with van der Waals surface area (Å²) in [7, 11) is 0. The van der Waals surface area contributed by atoms with Crippen LogP contribution in [0.4, 0.5) is 14.6 Å². The topological polar surface area (TPSA) is 56.3 Å². The number of nitrogens with zero attached hydrogens (tertiary/aromatic N) is 2. The Balaban J connectivity index is 1.53. The third-order valence-electron chi connectivity index (χ3n) is 4.32. The third kappa shape index (κ3) is 3.53. The second-order valence-electron chi connectivity index (χ2n) is 6.15. The van der Waals surface area contributed by atoms with Gasteiger partial charge < -0.3 is 14.8 Å². The molecule has 2 heterocycles. The van der Waals surface area contributed by atoms with Gasteiger partial charge in [0, 0.05) is 17.7 Å². The number of aromatic nitrogens is 2. The Hall–Kier alpha value is -3.22. The van der Waals surface area contributed by atoms with Crippen LogP contribution in [0.25, 0.3) is 11.3 Å². The van der Waals surface area contributed by atoms with Crippen LogP contribution in [0.2, 0.25) is 0 Å². The fourth-order valence-corrected chi connectivity index (χ4v) is 2.90. The summed E-state index contributed by atoms with van der Waals surface area (Å²) in [5.41, 5.74) is 2.51. The third-order valence-corrected chi connectivity index (χ3v) is 4.32. The zero-order valence-electron chi connectivity index (χ0n) is 14.6. The van der Waals surface area contributed by atoms with Crippen molar-refractivity contribution in [1.82, 2.24) is 9.97 Å². The minimum Gasteiger partial charge on any atom is -0.486 e. The summed E-state index contributed by atoms with van der Waals surface area (Å²) in [5, 5.41) is 2.89. The first-order chi connectivity index (χ1) is 13.1. The Morgan fingerprint density at radius 2 is 1.70 bits per heavy atom. The van der Waals surface area contributed by atoms with Gasteiger partial charge in [-0.3, -0.25) is 4.98 Å². The monoisotopic (exact) mass is 369 g/mol. The van der Waals surface area contributed by atoms with Crippen LogP contribution in [0.1, 0.15) is 11.1 Å². The zero-order chi connectivity index (χ0) is 18.8. The second kappa shape index (κ2) is 7.19. The largest absolute Gasteiger partial charge is 0.486 e. The van der Waals surface area contributed by atoms with Crippen molar-refractivity contribution in [1.29, 1.82) is 0 Å². The lowest BCUT2D eigenvalue weighted by atomic mass is 10.0. The highest BCUT2D eigenvalue weighted by atomic mass is 19.1. The number of ether oxygens (including phenoxy) is 2. The summed E-state index contributed by atoms with van der Waals surface area (Å²) in [6, 6.07) is 7.58. The van der Waals surface area contributed by atoms with Crippen molar-refractivity contribution in [3.63, 3.8) is 0 Å². The lowest BCUT2D eigenvalue weighted by Gasteiger charge is -2.20. The first kappa shape index (κ1) is 17.2. The SMILES string of the molecule is Cc1cc2c(cc1-c1cnc(NCc3c(F)cccc3F)cn1)OCCO2. The molecule has 4 rings (SSSR count). The summed E-state index contributed by atoms with van der Waals surface area (Å²) >= 11 is 0. The first-order valence-electron chi connectivity index (χ1n) is 8.51. The molecule has 0 bridgehead atoms. The molecule has 2 aromatic carbocycles. The van der Waals surface area contributed by atoms with Crippen LogP contribution in [0.15, 0.2) is 42.7 Å². The van der Waals surface area contributed by atoms with Crippen LogP contribution in [0, 0.1) is 18.6 Å². The maximum Gasteiger partial charge on any atom is 0.162 e. The number of fused-ring (bicyclic) bond motifs is 1. The van der Waals surface area contributed by atoms with E-state index in [0.717, 1.165) is 16.9 Å². The van der Waals surface area contributed by atoms with Gasteiger partial charge in [0.25, 0.3) is 0 Å². The maximum atomic E-state index is 13.7. The Bertz CT molecular complexity index is 957. The molecule has 0 spiro atoms. The van der Waals surface area contributed by atoms with Crippen molar-refractivity contribution in [3.05, 3.63) is 65.5 Å². The molecule has 1 N–H and O–H groups in total. The molecule has 3 aromatic rings. The molecule has 0 aliphatic carbocycles. The summed E-state index contributed by atoms with van der Waals surface area (Å²) in [6.45, 7) is 2.99. The summed E-state index contributed by atoms with van der Waals surface area (Å²) < 4.78 is 38.6. The van der Waals surface area contributed by atoms with Crippen LogP contribution >= 0.6 is 0 Å². The highest BCUT2D eigenvalue weighted by Crippen LogP contribution is 2.36. The number of rotatable bonds is 4. The van der Waals surface area contributed by atoms with Gasteiger partial charge in [0.15, 0.2) is 11.5 Å². The highest BCUT2D eigenvalue weighted by Gasteiger charge is 2.16. The van der Waals surface area contributed by atoms with E-state index in [1.54, 1.807) is 6.20 Å². The summed E-state index contributed by atoms with van der Waals surface area (Å²) in [5.74, 6) is 0.635. The Morgan fingerprint density at radius 3 is 2.37 bits per heavy atom. The minimum atomic E-state index is -0.598. The fraction of sp³-hybridized carbons (Fsp3) is 0.200. The van der Waals surface area contributed by atoms with E-state index in [0.29, 0.717) is 30.5 Å². The molecule has 0 atom stereocenters. The van der Waals surface area contributed by atoms with Gasteiger partial charge >= 0.3 is 0 Å². The second-order valence-corrected chi connectivity index (χ2v) is 6.15. The molecule has 1 aliphatic rings. The molecule has 7 heteroatoms. The molecule has 5 nitrogen and oxygen atoms in total. The van der Waals surface area contributed by atoms with Crippen molar-refractivity contribution in [2.75, 3.05) is 18.5 Å². The van der Waals surface area contributed by atoms with E-state index in [1.165, 1.54) is 24.4 Å². The van der Waals surface area contributed by atoms with Crippen LogP contribution < -0.4 is 14.8 Å². The van der Waals surface area contributed by atoms with Gasteiger partial charge in [0.05, 0.1) is 18.1 Å². The molecule has 1 aliphatic heterocycles. The zero-order valence-corrected chi connectivity index (χ0v) is 14.6. The Kier molecular flexibility index (Phi) is 4.58. The van der Waals surface area contributed by atoms with E-state index in [2.05, 4.69) is 15.3 Å². The lowest BCUT2D eigenvalue weighted by Crippen LogP contribution is -2.15. The number of benzene rings is 2. The van der Waals surface area contributed by atoms with E-state index in [9.17, 15) is 8.78 Å². The molecule has 0 fully saturated rings. The Morgan fingerprint density at radius 1 is 1.00 bits per heavy atom. The molecule has 0 saturated heterocycles. The molecule has 0 unspecified atom stereocenters. The number of halogens is 2. The van der Waals surface area contributed by atoms with Crippen molar-refractivity contribution in [3.8, 4) is 22.8 Å². The molecule has 0 radical (unpaired) electrons. The molecule has 1 aromatic heterocycles. The number of anilines is 1. The standard InChI is InChI=1S/C20H17F2N3O2/c1-12-7-18-19(27-6-5-26-18)8-13(12)17-10-25-20(11-23-17)24-9-14-15(21)3-2-4-16(14)22/h2-4,7-8,10-11H,5-6,9H2,1H3,(H,24,25). The summed E-state index contributed by atoms with van der Waals surface area (Å²) in [4.78, 5) is 8.70. The van der Waals surface area contributed by atoms with Gasteiger partial charge in [0.1, 0.15) is 30.7 Å². The Labute approximate surface area is 155 Å². The van der Waals surface area contributed by atoms with Gasteiger partial charge in [0.2, 0.25) is 0 Å². The van der Waals surface area contributed by atoms with Gasteiger partial charge in [-0.1, -0.05) is 6.07 Å². The average molecular weight is 369 g/mol. The van der Waals surface area contributed by atoms with Crippen molar-refractivity contribution >= 4 is 5.82 Å². The first-order valence-corrected chi connectivity index (χ1v) is 8.51. The maximum absolute atomic E-state index is 13.7. The van der Waals surface area contributed by atoms with Gasteiger partial charge in [-0.15, -0.1) is 0 Å². The highest BCUT2D eigenvalue weighted by molar-refractivity contribution is 5.68. The van der Waals surface area contributed by atoms with Crippen molar-refractivity contribution < 1.29 is 18.3 Å². The van der Waals surface area contributed by atoms with Crippen molar-refractivity contribution in [2.24, 2.45) is 0 Å². The number of nitrogens with one attached hydrogen (secondary N) is 1. The van der Waals surface area contributed by atoms with E-state index in [-0.39, 0.29) is 12.1 Å². The molecule has 0 saturated carbocycles. The average Bonchev–Trinajstić information content (AvgIpc) is 2.68. The lowest BCUT2D eigenvalue weighted by molar-refractivity contribution is 0.171. The smallest absolute Gasteiger partial charge is 0.162 e. The molecule has 138 valence electrons. The quantitative estimate of drug-likeness (QED) is 0.750. The van der Waals surface area contributed by atoms with Crippen molar-refractivity contribution in [2.45, 2.75) is 13.5 Å². The van der Waals surface area contributed by atoms with Gasteiger partial charge in [-0.2, -0.15) is 0 Å². The minimum absolute atomic E-state index is 0.0183. The molecule has 27 heavy (non-hydrogen) atoms. The molecular formula is C20H17F2N3O2. The predicted octanol–water partition coefficient (Wildman–Crippen LogP) is 4.11. The molecule has 0 amide bonds. The summed E-state index contributed by atoms with van der Waals surface area (Å²) in [6.07, 6.45) is 3.14. The number of hydrogen-bond donors (Lipinski definition) is 1. The van der Waals surface area contributed by atoms with Crippen LogP contribution in [0.3, 0.4) is 0 Å². The van der Waals surface area contributed by atoms with Gasteiger partial charge in [-0.05, 0) is 36.8 Å². The van der Waals surface area contributed by atoms with Crippen LogP contribution in [0.5, 0.6) is 11.5 Å². The number of aryl methyl sites for hydroxylation is 1. The van der Waals surface area contributed by atoms with Crippen LogP contribution in [-0.2, 0) is 6.54 Å². The van der Waals surface area contributed by atoms with E-state index in [1.807, 2.05) is 19.1 Å². The predicted molar refractivity (Wildman–Crippen MR) is 96.9 cm³/mol. The van der Waals surface area contributed by atoms with E-state index < -0.39 is 11.6 Å². The fourth-order valence-electron chi connectivity index (χ4n) is 2.90. The van der Waals surface area contributed by atoms with E-state index in [4.69, 9.17) is 9.47 Å². The van der Waals surface area contributed by atoms with E-state index >= 15 is 0 Å². The van der Waals surface area contributed by atoms with Gasteiger partial charge in [-0.25, -0.2) is 13.8 Å². The normalized spacial score (nSPS) is 12.7.